The first-order valence-electron chi connectivity index (χ1n) is 6.81. The van der Waals surface area contributed by atoms with Crippen LogP contribution < -0.4 is 5.32 Å². The van der Waals surface area contributed by atoms with Crippen molar-refractivity contribution in [1.29, 1.82) is 0 Å². The normalized spacial score (nSPS) is 19.2. The van der Waals surface area contributed by atoms with E-state index in [0.29, 0.717) is 11.1 Å². The number of piperazine rings is 1. The predicted octanol–water partition coefficient (Wildman–Crippen LogP) is 2.14. The number of rotatable bonds is 3. The molecule has 1 unspecified atom stereocenters. The highest BCUT2D eigenvalue weighted by atomic mass is 35.5. The third kappa shape index (κ3) is 3.95. The van der Waals surface area contributed by atoms with Gasteiger partial charge in [-0.15, -0.1) is 12.4 Å². The molecule has 0 spiro atoms. The van der Waals surface area contributed by atoms with Crippen molar-refractivity contribution in [3.05, 3.63) is 41.4 Å². The third-order valence-corrected chi connectivity index (χ3v) is 3.79. The van der Waals surface area contributed by atoms with Gasteiger partial charge in [-0.3, -0.25) is 4.90 Å². The van der Waals surface area contributed by atoms with Crippen LogP contribution in [-0.4, -0.2) is 45.3 Å². The van der Waals surface area contributed by atoms with E-state index in [2.05, 4.69) is 33.3 Å². The second kappa shape index (κ2) is 7.22. The van der Waals surface area contributed by atoms with E-state index in [1.807, 2.05) is 12.1 Å². The smallest absolute Gasteiger partial charge is 0.138 e. The Labute approximate surface area is 135 Å². The lowest BCUT2D eigenvalue weighted by molar-refractivity contribution is 0.199. The monoisotopic (exact) mass is 327 g/mol. The summed E-state index contributed by atoms with van der Waals surface area (Å²) in [5.41, 5.74) is 2.22. The van der Waals surface area contributed by atoms with Gasteiger partial charge in [0, 0.05) is 37.2 Å². The molecule has 1 N–H and O–H groups in total. The highest BCUT2D eigenvalue weighted by molar-refractivity contribution is 6.30. The van der Waals surface area contributed by atoms with Crippen LogP contribution in [0.3, 0.4) is 0 Å². The first-order valence-corrected chi connectivity index (χ1v) is 7.19. The number of nitrogens with zero attached hydrogens (tertiary/aromatic N) is 4. The first-order chi connectivity index (χ1) is 9.72. The standard InChI is InChI=1S/C14H18ClN5.ClH/c1-11-7-19(5-4-17-11)8-12-2-3-13(15)6-14(12)20-10-16-9-18-20;/h2-3,6,9-11,17H,4-5,7-8H2,1H3;1H. The van der Waals surface area contributed by atoms with Crippen molar-refractivity contribution in [2.24, 2.45) is 0 Å². The fraction of sp³-hybridized carbons (Fsp3) is 0.429. The van der Waals surface area contributed by atoms with Crippen LogP contribution >= 0.6 is 24.0 Å². The summed E-state index contributed by atoms with van der Waals surface area (Å²) in [6, 6.07) is 6.48. The van der Waals surface area contributed by atoms with Crippen molar-refractivity contribution in [2.75, 3.05) is 19.6 Å². The Balaban J connectivity index is 0.00000161. The Morgan fingerprint density at radius 1 is 1.43 bits per heavy atom. The summed E-state index contributed by atoms with van der Waals surface area (Å²) in [4.78, 5) is 6.46. The maximum Gasteiger partial charge on any atom is 0.138 e. The Hall–Kier alpha value is -1.14. The average molecular weight is 328 g/mol. The summed E-state index contributed by atoms with van der Waals surface area (Å²) in [5.74, 6) is 0. The lowest BCUT2D eigenvalue weighted by Crippen LogP contribution is -2.48. The molecule has 2 heterocycles. The molecule has 7 heteroatoms. The van der Waals surface area contributed by atoms with Gasteiger partial charge in [-0.05, 0) is 24.6 Å². The van der Waals surface area contributed by atoms with Crippen LogP contribution in [0.2, 0.25) is 5.02 Å². The number of hydrogen-bond acceptors (Lipinski definition) is 4. The molecule has 2 aromatic rings. The van der Waals surface area contributed by atoms with Crippen molar-refractivity contribution in [3.8, 4) is 5.69 Å². The quantitative estimate of drug-likeness (QED) is 0.938. The van der Waals surface area contributed by atoms with E-state index in [9.17, 15) is 0 Å². The van der Waals surface area contributed by atoms with Crippen LogP contribution in [0.1, 0.15) is 12.5 Å². The fourth-order valence-corrected chi connectivity index (χ4v) is 2.78. The summed E-state index contributed by atoms with van der Waals surface area (Å²) in [5, 5.41) is 8.39. The summed E-state index contributed by atoms with van der Waals surface area (Å²) >= 11 is 6.11. The molecule has 0 radical (unpaired) electrons. The molecule has 1 fully saturated rings. The van der Waals surface area contributed by atoms with E-state index in [1.54, 1.807) is 11.0 Å². The molecule has 0 saturated carbocycles. The lowest BCUT2D eigenvalue weighted by atomic mass is 10.1. The molecule has 1 aliphatic rings. The van der Waals surface area contributed by atoms with Crippen LogP contribution in [0.4, 0.5) is 0 Å². The van der Waals surface area contributed by atoms with Gasteiger partial charge in [0.2, 0.25) is 0 Å². The second-order valence-electron chi connectivity index (χ2n) is 5.20. The van der Waals surface area contributed by atoms with Gasteiger partial charge in [-0.2, -0.15) is 5.10 Å². The fourth-order valence-electron chi connectivity index (χ4n) is 2.61. The molecular weight excluding hydrogens is 309 g/mol. The molecule has 1 aromatic carbocycles. The Kier molecular flexibility index (Phi) is 5.58. The number of halogens is 2. The van der Waals surface area contributed by atoms with Gasteiger partial charge in [0.25, 0.3) is 0 Å². The van der Waals surface area contributed by atoms with Gasteiger partial charge in [0.05, 0.1) is 5.69 Å². The maximum atomic E-state index is 6.11. The van der Waals surface area contributed by atoms with E-state index in [0.717, 1.165) is 31.9 Å². The van der Waals surface area contributed by atoms with Crippen LogP contribution in [0.15, 0.2) is 30.9 Å². The molecule has 1 aromatic heterocycles. The zero-order chi connectivity index (χ0) is 13.9. The van der Waals surface area contributed by atoms with E-state index in [1.165, 1.54) is 11.9 Å². The number of nitrogens with one attached hydrogen (secondary N) is 1. The van der Waals surface area contributed by atoms with Crippen LogP contribution in [0.5, 0.6) is 0 Å². The summed E-state index contributed by atoms with van der Waals surface area (Å²) in [7, 11) is 0. The SMILES string of the molecule is CC1CN(Cc2ccc(Cl)cc2-n2cncn2)CCN1.Cl. The Morgan fingerprint density at radius 2 is 2.29 bits per heavy atom. The van der Waals surface area contributed by atoms with Crippen molar-refractivity contribution in [3.63, 3.8) is 0 Å². The summed E-state index contributed by atoms with van der Waals surface area (Å²) in [6.45, 7) is 6.27. The van der Waals surface area contributed by atoms with Crippen molar-refractivity contribution in [2.45, 2.75) is 19.5 Å². The lowest BCUT2D eigenvalue weighted by Gasteiger charge is -2.32. The molecule has 3 rings (SSSR count). The predicted molar refractivity (Wildman–Crippen MR) is 86.4 cm³/mol. The van der Waals surface area contributed by atoms with E-state index in [-0.39, 0.29) is 12.4 Å². The zero-order valence-electron chi connectivity index (χ0n) is 11.9. The summed E-state index contributed by atoms with van der Waals surface area (Å²) < 4.78 is 1.77. The topological polar surface area (TPSA) is 46.0 Å². The van der Waals surface area contributed by atoms with Crippen molar-refractivity contribution < 1.29 is 0 Å². The van der Waals surface area contributed by atoms with Gasteiger partial charge in [0.1, 0.15) is 12.7 Å². The van der Waals surface area contributed by atoms with Crippen molar-refractivity contribution >= 4 is 24.0 Å². The molecule has 1 aliphatic heterocycles. The molecule has 0 amide bonds. The minimum absolute atomic E-state index is 0. The molecule has 1 atom stereocenters. The van der Waals surface area contributed by atoms with Gasteiger partial charge >= 0.3 is 0 Å². The maximum absolute atomic E-state index is 6.11. The van der Waals surface area contributed by atoms with E-state index in [4.69, 9.17) is 11.6 Å². The number of benzene rings is 1. The molecule has 5 nitrogen and oxygen atoms in total. The summed E-state index contributed by atoms with van der Waals surface area (Å²) in [6.07, 6.45) is 3.24. The Bertz CT molecular complexity index is 573. The van der Waals surface area contributed by atoms with E-state index < -0.39 is 0 Å². The zero-order valence-corrected chi connectivity index (χ0v) is 13.4. The van der Waals surface area contributed by atoms with Crippen LogP contribution in [0.25, 0.3) is 5.69 Å². The van der Waals surface area contributed by atoms with E-state index >= 15 is 0 Å². The molecule has 1 saturated heterocycles. The average Bonchev–Trinajstić information content (AvgIpc) is 2.95. The van der Waals surface area contributed by atoms with Crippen LogP contribution in [-0.2, 0) is 6.54 Å². The Morgan fingerprint density at radius 3 is 3.00 bits per heavy atom. The number of hydrogen-bond donors (Lipinski definition) is 1. The molecule has 0 aliphatic carbocycles. The number of aromatic nitrogens is 3. The minimum Gasteiger partial charge on any atom is -0.312 e. The third-order valence-electron chi connectivity index (χ3n) is 3.56. The minimum atomic E-state index is 0. The molecule has 114 valence electrons. The molecular formula is C14H19Cl2N5. The largest absolute Gasteiger partial charge is 0.312 e. The van der Waals surface area contributed by atoms with Crippen molar-refractivity contribution in [1.82, 2.24) is 25.0 Å². The van der Waals surface area contributed by atoms with Gasteiger partial charge in [0.15, 0.2) is 0 Å². The first kappa shape index (κ1) is 16.2. The molecule has 0 bridgehead atoms. The van der Waals surface area contributed by atoms with Crippen LogP contribution in [0, 0.1) is 0 Å². The van der Waals surface area contributed by atoms with Gasteiger partial charge < -0.3 is 5.32 Å². The molecule has 21 heavy (non-hydrogen) atoms. The van der Waals surface area contributed by atoms with Gasteiger partial charge in [-0.1, -0.05) is 17.7 Å². The second-order valence-corrected chi connectivity index (χ2v) is 5.64. The highest BCUT2D eigenvalue weighted by Gasteiger charge is 2.17. The highest BCUT2D eigenvalue weighted by Crippen LogP contribution is 2.21. The van der Waals surface area contributed by atoms with Gasteiger partial charge in [-0.25, -0.2) is 9.67 Å².